The monoisotopic (exact) mass is 587 g/mol. The largest absolute Gasteiger partial charge is 0.449 e. The van der Waals surface area contributed by atoms with Gasteiger partial charge >= 0.3 is 6.09 Å². The zero-order chi connectivity index (χ0) is 29.8. The van der Waals surface area contributed by atoms with E-state index >= 15 is 0 Å². The minimum absolute atomic E-state index is 0.106. The molecule has 2 amide bonds. The second-order valence-corrected chi connectivity index (χ2v) is 11.8. The van der Waals surface area contributed by atoms with E-state index in [1.54, 1.807) is 0 Å². The number of hydrogen-bond donors (Lipinski definition) is 4. The Morgan fingerprint density at radius 1 is 1.07 bits per heavy atom. The molecule has 2 aliphatic heterocycles. The number of imidazole rings is 1. The molecule has 1 unspecified atom stereocenters. The van der Waals surface area contributed by atoms with Gasteiger partial charge in [-0.25, -0.2) is 19.7 Å². The molecule has 4 heterocycles. The summed E-state index contributed by atoms with van der Waals surface area (Å²) in [7, 11) is 0. The van der Waals surface area contributed by atoms with Crippen LogP contribution < -0.4 is 11.1 Å². The van der Waals surface area contributed by atoms with E-state index in [4.69, 9.17) is 15.2 Å². The lowest BCUT2D eigenvalue weighted by Gasteiger charge is -2.32. The standard InChI is InChI=1S/C27H39N7O6.C2H6/c28-23-19-24(34(14-29-19)26-21(36)20(35)22(40-26)25(37)30-17-7-8-17)32-18(31-23)6-2-3-15-9-11-33(12-10-15)27(38)39-13-16-4-1-5-16;1-2/h14-17,20-22,26,35-36H,1-13H2,(H,30,37)(H2,28,31,32);1-2H3/t20-,21?,22+,26-;/m1./s1. The number of nitrogens with zero attached hydrogens (tertiary/aromatic N) is 5. The summed E-state index contributed by atoms with van der Waals surface area (Å²) in [4.78, 5) is 40.0. The molecule has 0 aromatic carbocycles. The third-order valence-corrected chi connectivity index (χ3v) is 8.74. The highest BCUT2D eigenvalue weighted by Crippen LogP contribution is 2.33. The highest BCUT2D eigenvalue weighted by atomic mass is 16.6. The number of nitrogens with one attached hydrogen (secondary N) is 1. The third kappa shape index (κ3) is 6.78. The van der Waals surface area contributed by atoms with Gasteiger partial charge in [0.15, 0.2) is 23.8 Å². The summed E-state index contributed by atoms with van der Waals surface area (Å²) in [5.41, 5.74) is 6.95. The number of fused-ring (bicyclic) bond motifs is 1. The van der Waals surface area contributed by atoms with E-state index in [1.807, 2.05) is 18.7 Å². The molecule has 5 N–H and O–H groups in total. The Morgan fingerprint density at radius 3 is 2.48 bits per heavy atom. The Bertz CT molecular complexity index is 1220. The predicted molar refractivity (Wildman–Crippen MR) is 154 cm³/mol. The number of aryl methyl sites for hydroxylation is 1. The molecule has 13 nitrogen and oxygen atoms in total. The topological polar surface area (TPSA) is 178 Å². The van der Waals surface area contributed by atoms with Gasteiger partial charge in [-0.05, 0) is 63.2 Å². The SMILES string of the molecule is CC.Nc1nc(CCCC2CCN(C(=O)OCC3CCC3)CC2)nc2c1ncn2[C@@H]1O[C@H](C(=O)NC2CC2)[C@H](O)C1O. The first-order chi connectivity index (χ1) is 20.4. The van der Waals surface area contributed by atoms with E-state index in [2.05, 4.69) is 20.3 Å². The van der Waals surface area contributed by atoms with Crippen LogP contribution >= 0.6 is 0 Å². The van der Waals surface area contributed by atoms with Crippen molar-refractivity contribution in [1.82, 2.24) is 29.7 Å². The van der Waals surface area contributed by atoms with E-state index in [0.717, 1.165) is 51.6 Å². The number of hydrogen-bond acceptors (Lipinski definition) is 10. The molecule has 4 fully saturated rings. The van der Waals surface area contributed by atoms with Crippen LogP contribution in [0.1, 0.15) is 83.7 Å². The lowest BCUT2D eigenvalue weighted by Crippen LogP contribution is -2.43. The second kappa shape index (κ2) is 13.5. The Hall–Kier alpha value is -3.03. The van der Waals surface area contributed by atoms with Crippen molar-refractivity contribution in [2.24, 2.45) is 11.8 Å². The normalized spacial score (nSPS) is 26.4. The van der Waals surface area contributed by atoms with Crippen molar-refractivity contribution in [1.29, 1.82) is 0 Å². The van der Waals surface area contributed by atoms with Crippen LogP contribution in [0.15, 0.2) is 6.33 Å². The number of nitrogen functional groups attached to an aromatic ring is 1. The molecule has 0 spiro atoms. The van der Waals surface area contributed by atoms with Crippen LogP contribution in [0.4, 0.5) is 10.6 Å². The van der Waals surface area contributed by atoms with Crippen molar-refractivity contribution in [2.75, 3.05) is 25.4 Å². The second-order valence-electron chi connectivity index (χ2n) is 11.8. The van der Waals surface area contributed by atoms with Gasteiger partial charge in [0, 0.05) is 25.6 Å². The van der Waals surface area contributed by atoms with Gasteiger partial charge in [0.05, 0.1) is 12.9 Å². The Kier molecular flexibility index (Phi) is 9.79. The molecule has 4 aliphatic rings. The van der Waals surface area contributed by atoms with Crippen LogP contribution in [0.25, 0.3) is 11.2 Å². The van der Waals surface area contributed by atoms with E-state index in [9.17, 15) is 19.8 Å². The number of likely N-dealkylation sites (tertiary alicyclic amines) is 1. The van der Waals surface area contributed by atoms with Crippen LogP contribution in [0.2, 0.25) is 0 Å². The summed E-state index contributed by atoms with van der Waals surface area (Å²) in [5.74, 6) is 1.41. The van der Waals surface area contributed by atoms with Crippen molar-refractivity contribution in [3.8, 4) is 0 Å². The fraction of sp³-hybridized carbons (Fsp3) is 0.759. The zero-order valence-electron chi connectivity index (χ0n) is 24.7. The average molecular weight is 588 g/mol. The van der Waals surface area contributed by atoms with Gasteiger partial charge in [-0.15, -0.1) is 0 Å². The van der Waals surface area contributed by atoms with Crippen molar-refractivity contribution < 1.29 is 29.3 Å². The van der Waals surface area contributed by atoms with Crippen LogP contribution in [0.3, 0.4) is 0 Å². The van der Waals surface area contributed by atoms with Crippen molar-refractivity contribution in [3.63, 3.8) is 0 Å². The average Bonchev–Trinajstić information content (AvgIpc) is 3.60. The molecule has 2 aromatic heterocycles. The number of aliphatic hydroxyl groups excluding tert-OH is 2. The molecule has 13 heteroatoms. The fourth-order valence-corrected chi connectivity index (χ4v) is 5.79. The van der Waals surface area contributed by atoms with Gasteiger partial charge in [-0.2, -0.15) is 0 Å². The number of nitrogens with two attached hydrogens (primary N) is 1. The van der Waals surface area contributed by atoms with Gasteiger partial charge in [0.25, 0.3) is 5.91 Å². The number of anilines is 1. The highest BCUT2D eigenvalue weighted by Gasteiger charge is 2.48. The molecule has 42 heavy (non-hydrogen) atoms. The first kappa shape index (κ1) is 30.4. The third-order valence-electron chi connectivity index (χ3n) is 8.74. The molecular weight excluding hydrogens is 542 g/mol. The van der Waals surface area contributed by atoms with Gasteiger partial charge in [-0.3, -0.25) is 9.36 Å². The minimum atomic E-state index is -1.38. The van der Waals surface area contributed by atoms with E-state index in [1.165, 1.54) is 30.2 Å². The number of aromatic nitrogens is 4. The molecule has 2 saturated carbocycles. The summed E-state index contributed by atoms with van der Waals surface area (Å²) in [6, 6.07) is 0.106. The Morgan fingerprint density at radius 2 is 1.81 bits per heavy atom. The predicted octanol–water partition coefficient (Wildman–Crippen LogP) is 2.30. The van der Waals surface area contributed by atoms with Crippen LogP contribution in [0, 0.1) is 11.8 Å². The lowest BCUT2D eigenvalue weighted by atomic mass is 9.86. The number of piperidine rings is 1. The van der Waals surface area contributed by atoms with Gasteiger partial charge in [0.2, 0.25) is 0 Å². The van der Waals surface area contributed by atoms with Crippen molar-refractivity contribution in [2.45, 2.75) is 109 Å². The maximum Gasteiger partial charge on any atom is 0.409 e. The van der Waals surface area contributed by atoms with E-state index in [0.29, 0.717) is 41.9 Å². The molecule has 0 radical (unpaired) electrons. The summed E-state index contributed by atoms with van der Waals surface area (Å²) in [6.45, 7) is 5.99. The fourth-order valence-electron chi connectivity index (χ4n) is 5.79. The lowest BCUT2D eigenvalue weighted by molar-refractivity contribution is -0.137. The van der Waals surface area contributed by atoms with Crippen molar-refractivity contribution in [3.05, 3.63) is 12.2 Å². The van der Waals surface area contributed by atoms with Crippen LogP contribution in [-0.4, -0.2) is 90.7 Å². The molecule has 6 rings (SSSR count). The number of ether oxygens (including phenoxy) is 2. The van der Waals surface area contributed by atoms with Crippen LogP contribution in [0.5, 0.6) is 0 Å². The molecule has 0 bridgehead atoms. The molecule has 4 atom stereocenters. The molecular formula is C29H45N7O6. The Labute approximate surface area is 246 Å². The van der Waals surface area contributed by atoms with E-state index < -0.39 is 30.4 Å². The van der Waals surface area contributed by atoms with Gasteiger partial charge in [0.1, 0.15) is 23.5 Å². The number of rotatable bonds is 9. The van der Waals surface area contributed by atoms with E-state index in [-0.39, 0.29) is 18.0 Å². The van der Waals surface area contributed by atoms with Gasteiger partial charge < -0.3 is 35.6 Å². The molecule has 2 aromatic rings. The summed E-state index contributed by atoms with van der Waals surface area (Å²) in [5, 5.41) is 24.0. The highest BCUT2D eigenvalue weighted by molar-refractivity contribution is 5.83. The molecule has 232 valence electrons. The molecule has 2 saturated heterocycles. The first-order valence-corrected chi connectivity index (χ1v) is 15.6. The quantitative estimate of drug-likeness (QED) is 0.340. The zero-order valence-corrected chi connectivity index (χ0v) is 24.7. The summed E-state index contributed by atoms with van der Waals surface area (Å²) >= 11 is 0. The summed E-state index contributed by atoms with van der Waals surface area (Å²) < 4.78 is 12.8. The number of amides is 2. The van der Waals surface area contributed by atoms with Crippen LogP contribution in [-0.2, 0) is 20.7 Å². The smallest absolute Gasteiger partial charge is 0.409 e. The minimum Gasteiger partial charge on any atom is -0.449 e. The van der Waals surface area contributed by atoms with Gasteiger partial charge in [-0.1, -0.05) is 20.3 Å². The maximum absolute atomic E-state index is 12.5. The number of carbonyl (C=O) groups excluding carboxylic acids is 2. The first-order valence-electron chi connectivity index (χ1n) is 15.6. The number of carbonyl (C=O) groups is 2. The summed E-state index contributed by atoms with van der Waals surface area (Å²) in [6.07, 6.45) is 6.04. The van der Waals surface area contributed by atoms with Crippen molar-refractivity contribution >= 4 is 29.0 Å². The Balaban J connectivity index is 0.00000173. The number of aliphatic hydroxyl groups is 2. The molecule has 2 aliphatic carbocycles. The maximum atomic E-state index is 12.5.